The van der Waals surface area contributed by atoms with Gasteiger partial charge in [-0.2, -0.15) is 5.26 Å². The molecule has 7 heteroatoms. The van der Waals surface area contributed by atoms with Gasteiger partial charge in [-0.3, -0.25) is 0 Å². The van der Waals surface area contributed by atoms with Crippen molar-refractivity contribution in [3.05, 3.63) is 75.6 Å². The van der Waals surface area contributed by atoms with E-state index in [1.54, 1.807) is 36.4 Å². The number of sulfone groups is 1. The molecule has 0 heterocycles. The van der Waals surface area contributed by atoms with Crippen LogP contribution in [0.25, 0.3) is 6.08 Å². The minimum atomic E-state index is -4.09. The summed E-state index contributed by atoms with van der Waals surface area (Å²) in [6, 6.07) is 12.4. The van der Waals surface area contributed by atoms with Gasteiger partial charge in [-0.25, -0.2) is 8.42 Å². The number of hydrogen-bond acceptors (Lipinski definition) is 4. The highest BCUT2D eigenvalue weighted by Gasteiger charge is 2.24. The van der Waals surface area contributed by atoms with Crippen LogP contribution >= 0.6 is 23.2 Å². The van der Waals surface area contributed by atoms with Crippen molar-refractivity contribution in [2.75, 3.05) is 6.61 Å². The number of halogens is 2. The zero-order valence-corrected chi connectivity index (χ0v) is 15.3. The Bertz CT molecular complexity index is 959. The number of nitriles is 1. The monoisotopic (exact) mass is 393 g/mol. The molecule has 0 aliphatic heterocycles. The van der Waals surface area contributed by atoms with Gasteiger partial charge in [0.25, 0.3) is 0 Å². The number of allylic oxidation sites excluding steroid dienone is 1. The first-order chi connectivity index (χ1) is 11.9. The van der Waals surface area contributed by atoms with Crippen LogP contribution < -0.4 is 4.74 Å². The van der Waals surface area contributed by atoms with Gasteiger partial charge in [-0.15, -0.1) is 0 Å². The van der Waals surface area contributed by atoms with Gasteiger partial charge in [0.05, 0.1) is 9.92 Å². The van der Waals surface area contributed by atoms with Gasteiger partial charge in [0.2, 0.25) is 9.84 Å². The summed E-state index contributed by atoms with van der Waals surface area (Å²) >= 11 is 11.8. The lowest BCUT2D eigenvalue weighted by molar-refractivity contribution is 0.363. The maximum absolute atomic E-state index is 12.7. The average molecular weight is 394 g/mol. The largest absolute Gasteiger partial charge is 0.490 e. The maximum Gasteiger partial charge on any atom is 0.218 e. The van der Waals surface area contributed by atoms with Crippen LogP contribution in [0.1, 0.15) is 5.56 Å². The number of benzene rings is 2. The zero-order chi connectivity index (χ0) is 18.4. The fraction of sp³-hybridized carbons (Fsp3) is 0.0556. The molecule has 0 bridgehead atoms. The van der Waals surface area contributed by atoms with E-state index in [0.717, 1.165) is 0 Å². The van der Waals surface area contributed by atoms with Crippen LogP contribution in [0.15, 0.2) is 64.9 Å². The van der Waals surface area contributed by atoms with E-state index in [-0.39, 0.29) is 14.9 Å². The van der Waals surface area contributed by atoms with Crippen molar-refractivity contribution >= 4 is 39.1 Å². The molecule has 0 spiro atoms. The molecule has 0 aliphatic carbocycles. The van der Waals surface area contributed by atoms with Gasteiger partial charge in [0.15, 0.2) is 0 Å². The Hall–Kier alpha value is -2.26. The van der Waals surface area contributed by atoms with Crippen LogP contribution in [-0.4, -0.2) is 15.0 Å². The second kappa shape index (κ2) is 8.21. The van der Waals surface area contributed by atoms with E-state index in [1.165, 1.54) is 24.3 Å². The normalized spacial score (nSPS) is 11.6. The van der Waals surface area contributed by atoms with E-state index in [9.17, 15) is 13.7 Å². The summed E-state index contributed by atoms with van der Waals surface area (Å²) in [5.74, 6) is 0.608. The molecule has 0 aliphatic rings. The zero-order valence-electron chi connectivity index (χ0n) is 12.9. The molecule has 2 aromatic carbocycles. The maximum atomic E-state index is 12.7. The molecule has 0 saturated carbocycles. The van der Waals surface area contributed by atoms with Gasteiger partial charge in [0, 0.05) is 5.02 Å². The van der Waals surface area contributed by atoms with Crippen LogP contribution in [0, 0.1) is 11.3 Å². The first-order valence-corrected chi connectivity index (χ1v) is 9.28. The molecule has 0 amide bonds. The lowest BCUT2D eigenvalue weighted by Crippen LogP contribution is -2.04. The molecule has 0 unspecified atom stereocenters. The summed E-state index contributed by atoms with van der Waals surface area (Å²) in [5, 5.41) is 9.52. The predicted octanol–water partition coefficient (Wildman–Crippen LogP) is 4.90. The molecule has 25 heavy (non-hydrogen) atoms. The molecule has 2 rings (SSSR count). The van der Waals surface area contributed by atoms with Crippen LogP contribution in [0.4, 0.5) is 0 Å². The predicted molar refractivity (Wildman–Crippen MR) is 99.4 cm³/mol. The molecule has 128 valence electrons. The highest BCUT2D eigenvalue weighted by molar-refractivity contribution is 7.95. The van der Waals surface area contributed by atoms with E-state index in [4.69, 9.17) is 27.9 Å². The molecular formula is C18H13Cl2NO3S. The molecule has 0 aromatic heterocycles. The number of hydrogen-bond donors (Lipinski definition) is 0. The van der Waals surface area contributed by atoms with E-state index in [0.29, 0.717) is 17.9 Å². The van der Waals surface area contributed by atoms with Crippen LogP contribution in [0.2, 0.25) is 10.0 Å². The van der Waals surface area contributed by atoms with Gasteiger partial charge >= 0.3 is 0 Å². The molecule has 0 radical (unpaired) electrons. The van der Waals surface area contributed by atoms with Crippen LogP contribution in [0.3, 0.4) is 0 Å². The first-order valence-electron chi connectivity index (χ1n) is 7.04. The fourth-order valence-corrected chi connectivity index (χ4v) is 3.85. The van der Waals surface area contributed by atoms with Crippen molar-refractivity contribution in [3.8, 4) is 11.8 Å². The molecule has 0 N–H and O–H groups in total. The summed E-state index contributed by atoms with van der Waals surface area (Å²) in [6.07, 6.45) is 2.88. The van der Waals surface area contributed by atoms with Gasteiger partial charge in [-0.1, -0.05) is 48.0 Å². The third-order valence-electron chi connectivity index (χ3n) is 3.13. The minimum absolute atomic E-state index is 0.00118. The van der Waals surface area contributed by atoms with Crippen LogP contribution in [0.5, 0.6) is 5.75 Å². The van der Waals surface area contributed by atoms with Crippen molar-refractivity contribution in [3.63, 3.8) is 0 Å². The number of rotatable bonds is 6. The summed E-state index contributed by atoms with van der Waals surface area (Å²) < 4.78 is 30.7. The Labute approximate surface area is 156 Å². The Morgan fingerprint density at radius 2 is 1.88 bits per heavy atom. The smallest absolute Gasteiger partial charge is 0.218 e. The van der Waals surface area contributed by atoms with E-state index >= 15 is 0 Å². The second-order valence-corrected chi connectivity index (χ2v) is 7.60. The SMILES string of the molecule is C=CCOc1ccc(/C=C(\C#N)S(=O)(=O)c2cc(Cl)ccc2Cl)cc1. The van der Waals surface area contributed by atoms with E-state index in [2.05, 4.69) is 6.58 Å². The van der Waals surface area contributed by atoms with Crippen molar-refractivity contribution in [1.29, 1.82) is 5.26 Å². The highest BCUT2D eigenvalue weighted by Crippen LogP contribution is 2.30. The number of nitrogens with zero attached hydrogens (tertiary/aromatic N) is 1. The average Bonchev–Trinajstić information content (AvgIpc) is 2.60. The van der Waals surface area contributed by atoms with Crippen molar-refractivity contribution < 1.29 is 13.2 Å². The van der Waals surface area contributed by atoms with Gasteiger partial charge in [-0.05, 0) is 42.0 Å². The lowest BCUT2D eigenvalue weighted by atomic mass is 10.2. The Balaban J connectivity index is 2.41. The molecule has 0 saturated heterocycles. The highest BCUT2D eigenvalue weighted by atomic mass is 35.5. The third kappa shape index (κ3) is 4.64. The molecule has 4 nitrogen and oxygen atoms in total. The van der Waals surface area contributed by atoms with E-state index in [1.807, 2.05) is 0 Å². The Kier molecular flexibility index (Phi) is 6.27. The Morgan fingerprint density at radius 1 is 1.20 bits per heavy atom. The molecule has 2 aromatic rings. The topological polar surface area (TPSA) is 67.2 Å². The summed E-state index contributed by atoms with van der Waals surface area (Å²) in [4.78, 5) is -0.642. The molecular weight excluding hydrogens is 381 g/mol. The molecule has 0 atom stereocenters. The lowest BCUT2D eigenvalue weighted by Gasteiger charge is -2.07. The summed E-state index contributed by atoms with van der Waals surface area (Å²) in [6.45, 7) is 3.92. The first kappa shape index (κ1) is 19.1. The van der Waals surface area contributed by atoms with Gasteiger partial charge in [0.1, 0.15) is 23.3 Å². The third-order valence-corrected chi connectivity index (χ3v) is 5.51. The molecule has 0 fully saturated rings. The number of ether oxygens (including phenoxy) is 1. The van der Waals surface area contributed by atoms with Crippen molar-refractivity contribution in [1.82, 2.24) is 0 Å². The quantitative estimate of drug-likeness (QED) is 0.517. The van der Waals surface area contributed by atoms with Crippen molar-refractivity contribution in [2.24, 2.45) is 0 Å². The summed E-state index contributed by atoms with van der Waals surface area (Å²) in [7, 11) is -4.09. The minimum Gasteiger partial charge on any atom is -0.490 e. The fourth-order valence-electron chi connectivity index (χ4n) is 1.94. The standard InChI is InChI=1S/C18H13Cl2NO3S/c1-2-9-24-15-6-3-13(4-7-15)10-16(12-21)25(22,23)18-11-14(19)5-8-17(18)20/h2-8,10-11H,1,9H2/b16-10+. The Morgan fingerprint density at radius 3 is 2.48 bits per heavy atom. The van der Waals surface area contributed by atoms with E-state index < -0.39 is 14.7 Å². The van der Waals surface area contributed by atoms with Gasteiger partial charge < -0.3 is 4.74 Å². The second-order valence-electron chi connectivity index (χ2n) is 4.87. The van der Waals surface area contributed by atoms with Crippen molar-refractivity contribution in [2.45, 2.75) is 4.90 Å². The summed E-state index contributed by atoms with van der Waals surface area (Å²) in [5.41, 5.74) is 0.532. The van der Waals surface area contributed by atoms with Crippen LogP contribution in [-0.2, 0) is 9.84 Å².